The number of nitrogens with one attached hydrogen (secondary N) is 1. The van der Waals surface area contributed by atoms with Crippen LogP contribution in [-0.4, -0.2) is 41.7 Å². The molecular weight excluding hydrogens is 271 g/mol. The molecule has 1 fully saturated rings. The number of benzene rings is 1. The molecule has 0 aliphatic carbocycles. The molecule has 0 unspecified atom stereocenters. The average Bonchev–Trinajstić information content (AvgIpc) is 2.81. The maximum absolute atomic E-state index is 13.0. The number of carbonyl (C=O) groups is 1. The summed E-state index contributed by atoms with van der Waals surface area (Å²) in [5, 5.41) is 11.8. The molecule has 2 rings (SSSR count). The Morgan fingerprint density at radius 1 is 1.58 bits per heavy atom. The minimum absolute atomic E-state index is 0.0211. The molecule has 0 saturated carbocycles. The number of aliphatic hydroxyl groups is 1. The van der Waals surface area contributed by atoms with Crippen LogP contribution >= 0.6 is 11.6 Å². The van der Waals surface area contributed by atoms with Crippen molar-refractivity contribution in [2.24, 2.45) is 0 Å². The van der Waals surface area contributed by atoms with Crippen molar-refractivity contribution in [1.29, 1.82) is 0 Å². The van der Waals surface area contributed by atoms with Crippen molar-refractivity contribution in [3.63, 3.8) is 0 Å². The zero-order chi connectivity index (χ0) is 13.8. The van der Waals surface area contributed by atoms with Gasteiger partial charge in [0.15, 0.2) is 0 Å². The van der Waals surface area contributed by atoms with Gasteiger partial charge in [0.2, 0.25) is 5.91 Å². The van der Waals surface area contributed by atoms with Crippen LogP contribution in [0.15, 0.2) is 18.2 Å². The van der Waals surface area contributed by atoms with E-state index in [1.807, 2.05) is 4.90 Å². The minimum Gasteiger partial charge on any atom is -0.395 e. The van der Waals surface area contributed by atoms with E-state index in [4.69, 9.17) is 11.6 Å². The van der Waals surface area contributed by atoms with Gasteiger partial charge in [0.05, 0.1) is 18.2 Å². The second-order valence-electron chi connectivity index (χ2n) is 4.63. The van der Waals surface area contributed by atoms with Crippen LogP contribution in [0.5, 0.6) is 0 Å². The zero-order valence-corrected chi connectivity index (χ0v) is 11.2. The van der Waals surface area contributed by atoms with Crippen molar-refractivity contribution < 1.29 is 14.3 Å². The normalized spacial score (nSPS) is 19.6. The third kappa shape index (κ3) is 3.65. The molecule has 4 nitrogen and oxygen atoms in total. The first-order valence-corrected chi connectivity index (χ1v) is 6.58. The van der Waals surface area contributed by atoms with Crippen molar-refractivity contribution >= 4 is 23.2 Å². The van der Waals surface area contributed by atoms with Gasteiger partial charge in [-0.15, -0.1) is 0 Å². The predicted molar refractivity (Wildman–Crippen MR) is 71.7 cm³/mol. The van der Waals surface area contributed by atoms with Gasteiger partial charge in [-0.25, -0.2) is 4.39 Å². The average molecular weight is 287 g/mol. The number of aliphatic hydroxyl groups excluding tert-OH is 1. The molecule has 6 heteroatoms. The highest BCUT2D eigenvalue weighted by Gasteiger charge is 2.25. The number of hydrogen-bond acceptors (Lipinski definition) is 3. The Morgan fingerprint density at radius 3 is 3.05 bits per heavy atom. The standard InChI is InChI=1S/C13H16ClFN2O2/c14-11-6-9(3-4-12(11)15)16-13(19)7-17-5-1-2-10(17)8-18/h3-4,6,10,18H,1-2,5,7-8H2,(H,16,19)/t10-/m1/s1. The summed E-state index contributed by atoms with van der Waals surface area (Å²) in [6, 6.07) is 4.11. The molecular formula is C13H16ClFN2O2. The van der Waals surface area contributed by atoms with Gasteiger partial charge in [0.1, 0.15) is 5.82 Å². The molecule has 104 valence electrons. The molecule has 0 aromatic heterocycles. The molecule has 2 N–H and O–H groups in total. The number of hydrogen-bond donors (Lipinski definition) is 2. The number of carbonyl (C=O) groups excluding carboxylic acids is 1. The lowest BCUT2D eigenvalue weighted by molar-refractivity contribution is -0.117. The number of likely N-dealkylation sites (tertiary alicyclic amines) is 1. The van der Waals surface area contributed by atoms with Crippen molar-refractivity contribution in [3.05, 3.63) is 29.0 Å². The fraction of sp³-hybridized carbons (Fsp3) is 0.462. The van der Waals surface area contributed by atoms with Gasteiger partial charge in [-0.3, -0.25) is 9.69 Å². The maximum atomic E-state index is 13.0. The van der Waals surface area contributed by atoms with Crippen LogP contribution in [0.2, 0.25) is 5.02 Å². The van der Waals surface area contributed by atoms with Crippen molar-refractivity contribution in [1.82, 2.24) is 4.90 Å². The highest BCUT2D eigenvalue weighted by Crippen LogP contribution is 2.20. The van der Waals surface area contributed by atoms with E-state index in [0.717, 1.165) is 19.4 Å². The molecule has 0 spiro atoms. The molecule has 1 heterocycles. The predicted octanol–water partition coefficient (Wildman–Crippen LogP) is 1.87. The van der Waals surface area contributed by atoms with Gasteiger partial charge in [0.25, 0.3) is 0 Å². The second kappa shape index (κ2) is 6.32. The van der Waals surface area contributed by atoms with Crippen molar-refractivity contribution in [3.8, 4) is 0 Å². The number of halogens is 2. The van der Waals surface area contributed by atoms with Crippen LogP contribution in [0.1, 0.15) is 12.8 Å². The monoisotopic (exact) mass is 286 g/mol. The van der Waals surface area contributed by atoms with Crippen LogP contribution < -0.4 is 5.32 Å². The van der Waals surface area contributed by atoms with Crippen LogP contribution in [0.3, 0.4) is 0 Å². The van der Waals surface area contributed by atoms with Crippen LogP contribution in [-0.2, 0) is 4.79 Å². The zero-order valence-electron chi connectivity index (χ0n) is 10.4. The molecule has 19 heavy (non-hydrogen) atoms. The maximum Gasteiger partial charge on any atom is 0.238 e. The van der Waals surface area contributed by atoms with Gasteiger partial charge in [-0.1, -0.05) is 11.6 Å². The minimum atomic E-state index is -0.514. The molecule has 1 aliphatic heterocycles. The molecule has 1 aromatic carbocycles. The van der Waals surface area contributed by atoms with E-state index < -0.39 is 5.82 Å². The Kier molecular flexibility index (Phi) is 4.74. The summed E-state index contributed by atoms with van der Waals surface area (Å²) in [4.78, 5) is 13.8. The first kappa shape index (κ1) is 14.2. The molecule has 1 atom stereocenters. The van der Waals surface area contributed by atoms with Gasteiger partial charge in [-0.2, -0.15) is 0 Å². The largest absolute Gasteiger partial charge is 0.395 e. The molecule has 1 aromatic rings. The van der Waals surface area contributed by atoms with E-state index in [1.165, 1.54) is 18.2 Å². The lowest BCUT2D eigenvalue weighted by Gasteiger charge is -2.21. The summed E-state index contributed by atoms with van der Waals surface area (Å²) in [6.45, 7) is 1.10. The van der Waals surface area contributed by atoms with E-state index in [1.54, 1.807) is 0 Å². The Morgan fingerprint density at radius 2 is 2.37 bits per heavy atom. The van der Waals surface area contributed by atoms with Gasteiger partial charge >= 0.3 is 0 Å². The molecule has 1 amide bonds. The van der Waals surface area contributed by atoms with Crippen molar-refractivity contribution in [2.45, 2.75) is 18.9 Å². The number of amides is 1. The molecule has 1 saturated heterocycles. The van der Waals surface area contributed by atoms with Crippen LogP contribution in [0.25, 0.3) is 0 Å². The number of anilines is 1. The third-order valence-electron chi connectivity index (χ3n) is 3.26. The van der Waals surface area contributed by atoms with Gasteiger partial charge < -0.3 is 10.4 Å². The Balaban J connectivity index is 1.92. The number of nitrogens with zero attached hydrogens (tertiary/aromatic N) is 1. The summed E-state index contributed by atoms with van der Waals surface area (Å²) in [7, 11) is 0. The lowest BCUT2D eigenvalue weighted by Crippen LogP contribution is -2.38. The SMILES string of the molecule is O=C(CN1CCC[C@@H]1CO)Nc1ccc(F)c(Cl)c1. The summed E-state index contributed by atoms with van der Waals surface area (Å²) in [6.07, 6.45) is 1.90. The van der Waals surface area contributed by atoms with Gasteiger partial charge in [0, 0.05) is 11.7 Å². The second-order valence-corrected chi connectivity index (χ2v) is 5.03. The van der Waals surface area contributed by atoms with Crippen LogP contribution in [0, 0.1) is 5.82 Å². The summed E-state index contributed by atoms with van der Waals surface area (Å²) in [5.41, 5.74) is 0.469. The number of rotatable bonds is 4. The quantitative estimate of drug-likeness (QED) is 0.888. The van der Waals surface area contributed by atoms with E-state index >= 15 is 0 Å². The fourth-order valence-corrected chi connectivity index (χ4v) is 2.45. The molecule has 0 bridgehead atoms. The van der Waals surface area contributed by atoms with E-state index in [0.29, 0.717) is 5.69 Å². The molecule has 0 radical (unpaired) electrons. The summed E-state index contributed by atoms with van der Waals surface area (Å²) < 4.78 is 13.0. The van der Waals surface area contributed by atoms with Gasteiger partial charge in [-0.05, 0) is 37.6 Å². The Bertz CT molecular complexity index is 470. The lowest BCUT2D eigenvalue weighted by atomic mass is 10.2. The van der Waals surface area contributed by atoms with E-state index in [9.17, 15) is 14.3 Å². The highest BCUT2D eigenvalue weighted by molar-refractivity contribution is 6.31. The third-order valence-corrected chi connectivity index (χ3v) is 3.55. The van der Waals surface area contributed by atoms with Crippen molar-refractivity contribution in [2.75, 3.05) is 25.0 Å². The fourth-order valence-electron chi connectivity index (χ4n) is 2.27. The first-order chi connectivity index (χ1) is 9.10. The first-order valence-electron chi connectivity index (χ1n) is 6.20. The summed E-state index contributed by atoms with van der Waals surface area (Å²) in [5.74, 6) is -0.706. The van der Waals surface area contributed by atoms with Crippen LogP contribution in [0.4, 0.5) is 10.1 Å². The molecule has 1 aliphatic rings. The Labute approximate surface area is 116 Å². The van der Waals surface area contributed by atoms with E-state index in [2.05, 4.69) is 5.32 Å². The topological polar surface area (TPSA) is 52.6 Å². The Hall–Kier alpha value is -1.17. The highest BCUT2D eigenvalue weighted by atomic mass is 35.5. The smallest absolute Gasteiger partial charge is 0.238 e. The van der Waals surface area contributed by atoms with E-state index in [-0.39, 0.29) is 30.1 Å². The summed E-state index contributed by atoms with van der Waals surface area (Å²) >= 11 is 5.64.